The number of hydrogen-bond acceptors (Lipinski definition) is 4. The molecule has 1 aliphatic rings. The number of aliphatic imine (C=N–C) groups is 1. The molecule has 0 saturated carbocycles. The Labute approximate surface area is 199 Å². The Morgan fingerprint density at radius 1 is 1.13 bits per heavy atom. The summed E-state index contributed by atoms with van der Waals surface area (Å²) in [7, 11) is 3.43. The van der Waals surface area contributed by atoms with Crippen LogP contribution in [0.5, 0.6) is 5.75 Å². The third-order valence-corrected chi connectivity index (χ3v) is 5.42. The van der Waals surface area contributed by atoms with Gasteiger partial charge in [0.2, 0.25) is 0 Å². The monoisotopic (exact) mass is 533 g/mol. The van der Waals surface area contributed by atoms with Gasteiger partial charge in [-0.2, -0.15) is 0 Å². The highest BCUT2D eigenvalue weighted by Crippen LogP contribution is 2.26. The minimum absolute atomic E-state index is 0. The van der Waals surface area contributed by atoms with Crippen LogP contribution in [0.4, 0.5) is 0 Å². The van der Waals surface area contributed by atoms with Gasteiger partial charge in [0.1, 0.15) is 5.75 Å². The minimum Gasteiger partial charge on any atom is -0.497 e. The van der Waals surface area contributed by atoms with E-state index >= 15 is 0 Å². The number of methoxy groups -OCH3 is 2. The Morgan fingerprint density at radius 3 is 2.37 bits per heavy atom. The predicted octanol–water partition coefficient (Wildman–Crippen LogP) is 4.07. The maximum Gasteiger partial charge on any atom is 0.193 e. The molecule has 1 heterocycles. The van der Waals surface area contributed by atoms with E-state index in [4.69, 9.17) is 19.2 Å². The largest absolute Gasteiger partial charge is 0.497 e. The first-order valence-electron chi connectivity index (χ1n) is 10.8. The number of likely N-dealkylation sites (tertiary alicyclic amines) is 1. The molecule has 0 unspecified atom stereocenters. The Bertz CT molecular complexity index is 615. The summed E-state index contributed by atoms with van der Waals surface area (Å²) in [5.41, 5.74) is 1.22. The van der Waals surface area contributed by atoms with Crippen LogP contribution in [-0.2, 0) is 14.9 Å². The van der Waals surface area contributed by atoms with Crippen molar-refractivity contribution in [2.75, 3.05) is 53.6 Å². The number of halogens is 1. The van der Waals surface area contributed by atoms with Crippen molar-refractivity contribution in [2.45, 2.75) is 51.6 Å². The molecule has 1 fully saturated rings. The van der Waals surface area contributed by atoms with E-state index in [1.807, 2.05) is 12.1 Å². The second-order valence-electron chi connectivity index (χ2n) is 8.19. The zero-order valence-electron chi connectivity index (χ0n) is 19.3. The second kappa shape index (κ2) is 14.1. The first-order chi connectivity index (χ1) is 14.0. The predicted molar refractivity (Wildman–Crippen MR) is 134 cm³/mol. The molecule has 1 N–H and O–H groups in total. The average Bonchev–Trinajstić information content (AvgIpc) is 2.75. The zero-order valence-corrected chi connectivity index (χ0v) is 21.6. The lowest BCUT2D eigenvalue weighted by molar-refractivity contribution is 0.00989. The third kappa shape index (κ3) is 8.59. The van der Waals surface area contributed by atoms with Gasteiger partial charge in [0.25, 0.3) is 0 Å². The summed E-state index contributed by atoms with van der Waals surface area (Å²) in [5.74, 6) is 1.89. The Hall–Kier alpha value is -1.06. The highest BCUT2D eigenvalue weighted by atomic mass is 127. The van der Waals surface area contributed by atoms with Gasteiger partial charge in [0.05, 0.1) is 19.8 Å². The van der Waals surface area contributed by atoms with Crippen LogP contribution < -0.4 is 10.1 Å². The van der Waals surface area contributed by atoms with Gasteiger partial charge in [-0.05, 0) is 43.9 Å². The fourth-order valence-electron chi connectivity index (χ4n) is 3.52. The number of nitrogens with one attached hydrogen (secondary N) is 1. The molecule has 1 saturated heterocycles. The molecular formula is C23H40IN3O3. The molecule has 0 atom stereocenters. The van der Waals surface area contributed by atoms with Crippen LogP contribution in [0.25, 0.3) is 0 Å². The summed E-state index contributed by atoms with van der Waals surface area (Å²) in [4.78, 5) is 7.35. The van der Waals surface area contributed by atoms with Gasteiger partial charge in [-0.3, -0.25) is 4.99 Å². The maximum absolute atomic E-state index is 5.99. The SMILES string of the molecule is CCNC(=NCC(C)(C)c1ccc(OC)cc1)N1CCC(OCCCOC)CC1.I. The molecule has 0 radical (unpaired) electrons. The quantitative estimate of drug-likeness (QED) is 0.213. The van der Waals surface area contributed by atoms with Crippen molar-refractivity contribution in [2.24, 2.45) is 4.99 Å². The summed E-state index contributed by atoms with van der Waals surface area (Å²) in [6.07, 6.45) is 3.39. The maximum atomic E-state index is 5.99. The standard InChI is InChI=1S/C23H39N3O3.HI/c1-6-24-22(26-14-12-21(13-15-26)29-17-7-16-27-4)25-18-23(2,3)19-8-10-20(28-5)11-9-19;/h8-11,21H,6-7,12-18H2,1-5H3,(H,24,25);1H. The average molecular weight is 533 g/mol. The fraction of sp³-hybridized carbons (Fsp3) is 0.696. The molecule has 0 amide bonds. The minimum atomic E-state index is -0.0459. The van der Waals surface area contributed by atoms with Crippen molar-refractivity contribution >= 4 is 29.9 Å². The lowest BCUT2D eigenvalue weighted by Crippen LogP contribution is -2.47. The molecule has 7 heteroatoms. The number of nitrogens with zero attached hydrogens (tertiary/aromatic N) is 2. The van der Waals surface area contributed by atoms with Crippen molar-refractivity contribution in [3.63, 3.8) is 0 Å². The van der Waals surface area contributed by atoms with Crippen LogP contribution in [-0.4, -0.2) is 70.6 Å². The van der Waals surface area contributed by atoms with Gasteiger partial charge in [-0.15, -0.1) is 24.0 Å². The van der Waals surface area contributed by atoms with Crippen LogP contribution in [0, 0.1) is 0 Å². The highest BCUT2D eigenvalue weighted by molar-refractivity contribution is 14.0. The van der Waals surface area contributed by atoms with Gasteiger partial charge in [0.15, 0.2) is 5.96 Å². The topological polar surface area (TPSA) is 55.3 Å². The van der Waals surface area contributed by atoms with Crippen molar-refractivity contribution in [1.82, 2.24) is 10.2 Å². The van der Waals surface area contributed by atoms with Gasteiger partial charge >= 0.3 is 0 Å². The number of guanidine groups is 1. The number of rotatable bonds is 10. The van der Waals surface area contributed by atoms with Crippen LogP contribution in [0.15, 0.2) is 29.3 Å². The van der Waals surface area contributed by atoms with E-state index in [0.29, 0.717) is 6.10 Å². The first kappa shape index (κ1) is 27.0. The normalized spacial score (nSPS) is 15.6. The summed E-state index contributed by atoms with van der Waals surface area (Å²) >= 11 is 0. The third-order valence-electron chi connectivity index (χ3n) is 5.42. The van der Waals surface area contributed by atoms with Crippen molar-refractivity contribution in [3.8, 4) is 5.75 Å². The molecule has 0 bridgehead atoms. The molecule has 172 valence electrons. The van der Waals surface area contributed by atoms with Crippen molar-refractivity contribution < 1.29 is 14.2 Å². The van der Waals surface area contributed by atoms with E-state index in [1.54, 1.807) is 14.2 Å². The van der Waals surface area contributed by atoms with Gasteiger partial charge < -0.3 is 24.4 Å². The molecule has 1 aromatic rings. The summed E-state index contributed by atoms with van der Waals surface area (Å²) in [6, 6.07) is 8.30. The van der Waals surface area contributed by atoms with Crippen LogP contribution in [0.1, 0.15) is 45.6 Å². The van der Waals surface area contributed by atoms with Gasteiger partial charge in [0, 0.05) is 45.4 Å². The molecule has 0 spiro atoms. The van der Waals surface area contributed by atoms with Crippen LogP contribution in [0.2, 0.25) is 0 Å². The van der Waals surface area contributed by atoms with Crippen LogP contribution >= 0.6 is 24.0 Å². The summed E-state index contributed by atoms with van der Waals surface area (Å²) < 4.78 is 16.3. The molecule has 1 aromatic carbocycles. The van der Waals surface area contributed by atoms with E-state index < -0.39 is 0 Å². The summed E-state index contributed by atoms with van der Waals surface area (Å²) in [5, 5.41) is 3.47. The number of benzene rings is 1. The van der Waals surface area contributed by atoms with Gasteiger partial charge in [-0.25, -0.2) is 0 Å². The molecule has 0 aromatic heterocycles. The fourth-order valence-corrected chi connectivity index (χ4v) is 3.52. The van der Waals surface area contributed by atoms with Crippen molar-refractivity contribution in [1.29, 1.82) is 0 Å². The van der Waals surface area contributed by atoms with E-state index in [1.165, 1.54) is 5.56 Å². The zero-order chi connectivity index (χ0) is 21.1. The van der Waals surface area contributed by atoms with E-state index in [0.717, 1.165) is 70.4 Å². The molecule has 30 heavy (non-hydrogen) atoms. The first-order valence-corrected chi connectivity index (χ1v) is 10.8. The number of hydrogen-bond donors (Lipinski definition) is 1. The molecule has 0 aliphatic carbocycles. The Balaban J connectivity index is 0.00000450. The number of piperidine rings is 1. The van der Waals surface area contributed by atoms with Crippen molar-refractivity contribution in [3.05, 3.63) is 29.8 Å². The molecule has 6 nitrogen and oxygen atoms in total. The van der Waals surface area contributed by atoms with E-state index in [2.05, 4.69) is 43.1 Å². The molecular weight excluding hydrogens is 493 g/mol. The second-order valence-corrected chi connectivity index (χ2v) is 8.19. The van der Waals surface area contributed by atoms with Gasteiger partial charge in [-0.1, -0.05) is 26.0 Å². The lowest BCUT2D eigenvalue weighted by atomic mass is 9.85. The molecule has 2 rings (SSSR count). The van der Waals surface area contributed by atoms with E-state index in [-0.39, 0.29) is 29.4 Å². The lowest BCUT2D eigenvalue weighted by Gasteiger charge is -2.35. The summed E-state index contributed by atoms with van der Waals surface area (Å²) in [6.45, 7) is 11.7. The smallest absolute Gasteiger partial charge is 0.193 e. The highest BCUT2D eigenvalue weighted by Gasteiger charge is 2.24. The molecule has 1 aliphatic heterocycles. The van der Waals surface area contributed by atoms with E-state index in [9.17, 15) is 0 Å². The number of ether oxygens (including phenoxy) is 3. The Kier molecular flexibility index (Phi) is 12.7. The Morgan fingerprint density at radius 2 is 1.80 bits per heavy atom. The van der Waals surface area contributed by atoms with Crippen LogP contribution in [0.3, 0.4) is 0 Å².